The average molecular weight is 435 g/mol. The summed E-state index contributed by atoms with van der Waals surface area (Å²) in [6, 6.07) is 6.97. The van der Waals surface area contributed by atoms with Crippen molar-refractivity contribution in [3.8, 4) is 0 Å². The van der Waals surface area contributed by atoms with E-state index in [9.17, 15) is 19.5 Å². The maximum atomic E-state index is 13.2. The molecule has 0 heterocycles. The molecule has 172 valence electrons. The van der Waals surface area contributed by atoms with Crippen LogP contribution < -0.4 is 10.6 Å². The van der Waals surface area contributed by atoms with E-state index in [1.807, 2.05) is 30.3 Å². The summed E-state index contributed by atoms with van der Waals surface area (Å²) in [6.07, 6.45) is 2.69. The fourth-order valence-corrected chi connectivity index (χ4v) is 3.73. The molecule has 1 aromatic rings. The number of nitrogens with one attached hydrogen (secondary N) is 2. The summed E-state index contributed by atoms with van der Waals surface area (Å²) in [5.41, 5.74) is -1.29. The van der Waals surface area contributed by atoms with Gasteiger partial charge in [-0.15, -0.1) is 0 Å². The molecule has 1 aromatic carbocycles. The number of rotatable bonds is 7. The molecule has 31 heavy (non-hydrogen) atoms. The Hall–Kier alpha value is -2.61. The van der Waals surface area contributed by atoms with Gasteiger partial charge in [0.25, 0.3) is 0 Å². The fraction of sp³-hybridized carbons (Fsp3) is 0.609. The third kappa shape index (κ3) is 7.54. The standard InChI is InChI=1S/C23H34N2O6/c1-22(2,3)31-21(28)24-17(15-16-11-7-5-8-12-16)19(26)25-18(20(27)30-4)23(29)13-9-6-10-14-23/h5,7-8,11-12,17-18,29H,6,9-10,13-15H2,1-4H3,(H,24,28)(H,25,26)/t17?,18-/m1/s1. The first kappa shape index (κ1) is 24.7. The van der Waals surface area contributed by atoms with E-state index in [4.69, 9.17) is 9.47 Å². The molecule has 8 heteroatoms. The predicted molar refractivity (Wildman–Crippen MR) is 115 cm³/mol. The lowest BCUT2D eigenvalue weighted by molar-refractivity contribution is -0.155. The van der Waals surface area contributed by atoms with Gasteiger partial charge in [0, 0.05) is 6.42 Å². The number of alkyl carbamates (subject to hydrolysis) is 1. The van der Waals surface area contributed by atoms with Gasteiger partial charge in [0.15, 0.2) is 6.04 Å². The van der Waals surface area contributed by atoms with Crippen LogP contribution in [0.15, 0.2) is 30.3 Å². The quantitative estimate of drug-likeness (QED) is 0.568. The van der Waals surface area contributed by atoms with Crippen LogP contribution in [0.5, 0.6) is 0 Å². The summed E-state index contributed by atoms with van der Waals surface area (Å²) < 4.78 is 10.1. The van der Waals surface area contributed by atoms with Crippen LogP contribution in [0.2, 0.25) is 0 Å². The van der Waals surface area contributed by atoms with Crippen molar-refractivity contribution in [2.45, 2.75) is 82.6 Å². The van der Waals surface area contributed by atoms with Crippen molar-refractivity contribution in [1.29, 1.82) is 0 Å². The maximum Gasteiger partial charge on any atom is 0.408 e. The highest BCUT2D eigenvalue weighted by atomic mass is 16.6. The molecule has 1 saturated carbocycles. The second-order valence-corrected chi connectivity index (χ2v) is 9.02. The van der Waals surface area contributed by atoms with Gasteiger partial charge in [-0.1, -0.05) is 49.6 Å². The largest absolute Gasteiger partial charge is 0.467 e. The summed E-state index contributed by atoms with van der Waals surface area (Å²) in [6.45, 7) is 5.18. The first-order chi connectivity index (χ1) is 14.5. The first-order valence-corrected chi connectivity index (χ1v) is 10.7. The second-order valence-electron chi connectivity index (χ2n) is 9.02. The number of carbonyl (C=O) groups is 3. The number of aliphatic hydroxyl groups is 1. The highest BCUT2D eigenvalue weighted by Crippen LogP contribution is 2.31. The van der Waals surface area contributed by atoms with Crippen molar-refractivity contribution in [1.82, 2.24) is 10.6 Å². The second kappa shape index (κ2) is 10.6. The van der Waals surface area contributed by atoms with E-state index in [0.717, 1.165) is 24.8 Å². The smallest absolute Gasteiger partial charge is 0.408 e. The molecule has 0 bridgehead atoms. The lowest BCUT2D eigenvalue weighted by Crippen LogP contribution is -2.61. The predicted octanol–water partition coefficient (Wildman–Crippen LogP) is 2.48. The third-order valence-electron chi connectivity index (χ3n) is 5.27. The summed E-state index contributed by atoms with van der Waals surface area (Å²) in [7, 11) is 1.22. The number of amides is 2. The minimum Gasteiger partial charge on any atom is -0.467 e. The molecule has 2 atom stereocenters. The zero-order chi connectivity index (χ0) is 23.1. The monoisotopic (exact) mass is 434 g/mol. The Bertz CT molecular complexity index is 753. The molecular formula is C23H34N2O6. The summed E-state index contributed by atoms with van der Waals surface area (Å²) in [4.78, 5) is 37.9. The number of esters is 1. The number of hydrogen-bond donors (Lipinski definition) is 3. The van der Waals surface area contributed by atoms with Gasteiger partial charge >= 0.3 is 12.1 Å². The lowest BCUT2D eigenvalue weighted by Gasteiger charge is -2.38. The molecule has 1 aliphatic rings. The number of carbonyl (C=O) groups excluding carboxylic acids is 3. The molecule has 1 unspecified atom stereocenters. The normalized spacial score (nSPS) is 17.7. The molecule has 0 saturated heterocycles. The van der Waals surface area contributed by atoms with Gasteiger partial charge in [-0.25, -0.2) is 9.59 Å². The van der Waals surface area contributed by atoms with E-state index in [-0.39, 0.29) is 6.42 Å². The van der Waals surface area contributed by atoms with Crippen molar-refractivity contribution >= 4 is 18.0 Å². The van der Waals surface area contributed by atoms with E-state index in [2.05, 4.69) is 10.6 Å². The van der Waals surface area contributed by atoms with Crippen molar-refractivity contribution in [2.24, 2.45) is 0 Å². The molecule has 1 aliphatic carbocycles. The first-order valence-electron chi connectivity index (χ1n) is 10.7. The van der Waals surface area contributed by atoms with Crippen LogP contribution in [-0.2, 0) is 25.5 Å². The van der Waals surface area contributed by atoms with Gasteiger partial charge in [-0.2, -0.15) is 0 Å². The van der Waals surface area contributed by atoms with Crippen LogP contribution in [0.4, 0.5) is 4.79 Å². The minimum absolute atomic E-state index is 0.193. The molecule has 0 spiro atoms. The SMILES string of the molecule is COC(=O)[C@@H](NC(=O)C(Cc1ccccc1)NC(=O)OC(C)(C)C)C1(O)CCCCC1. The number of benzene rings is 1. The molecule has 0 aromatic heterocycles. The van der Waals surface area contributed by atoms with Crippen LogP contribution in [0.1, 0.15) is 58.4 Å². The maximum absolute atomic E-state index is 13.2. The van der Waals surface area contributed by atoms with Gasteiger partial charge in [0.05, 0.1) is 12.7 Å². The Kier molecular flexibility index (Phi) is 8.44. The van der Waals surface area contributed by atoms with Crippen LogP contribution >= 0.6 is 0 Å². The number of hydrogen-bond acceptors (Lipinski definition) is 6. The van der Waals surface area contributed by atoms with Gasteiger partial charge in [0.2, 0.25) is 5.91 Å². The highest BCUT2D eigenvalue weighted by molar-refractivity contribution is 5.90. The zero-order valence-corrected chi connectivity index (χ0v) is 18.8. The van der Waals surface area contributed by atoms with E-state index in [1.54, 1.807) is 20.8 Å². The van der Waals surface area contributed by atoms with E-state index >= 15 is 0 Å². The van der Waals surface area contributed by atoms with E-state index in [0.29, 0.717) is 12.8 Å². The Morgan fingerprint density at radius 3 is 2.23 bits per heavy atom. The fourth-order valence-electron chi connectivity index (χ4n) is 3.73. The zero-order valence-electron chi connectivity index (χ0n) is 18.8. The van der Waals surface area contributed by atoms with Crippen LogP contribution in [0.3, 0.4) is 0 Å². The molecule has 0 aliphatic heterocycles. The summed E-state index contributed by atoms with van der Waals surface area (Å²) in [5.74, 6) is -1.31. The minimum atomic E-state index is -1.38. The molecule has 1 fully saturated rings. The molecule has 0 radical (unpaired) electrons. The van der Waals surface area contributed by atoms with Crippen molar-refractivity contribution in [2.75, 3.05) is 7.11 Å². The molecular weight excluding hydrogens is 400 g/mol. The highest BCUT2D eigenvalue weighted by Gasteiger charge is 2.44. The van der Waals surface area contributed by atoms with Gasteiger partial charge < -0.3 is 25.2 Å². The molecule has 2 amide bonds. The van der Waals surface area contributed by atoms with E-state index < -0.39 is 41.3 Å². The van der Waals surface area contributed by atoms with Crippen molar-refractivity contribution in [3.05, 3.63) is 35.9 Å². The Morgan fingerprint density at radius 2 is 1.68 bits per heavy atom. The lowest BCUT2D eigenvalue weighted by atomic mass is 9.79. The van der Waals surface area contributed by atoms with Crippen molar-refractivity contribution < 1.29 is 29.0 Å². The third-order valence-corrected chi connectivity index (χ3v) is 5.27. The number of ether oxygens (including phenoxy) is 2. The van der Waals surface area contributed by atoms with Crippen molar-refractivity contribution in [3.63, 3.8) is 0 Å². The van der Waals surface area contributed by atoms with Crippen LogP contribution in [-0.4, -0.2) is 53.5 Å². The molecule has 8 nitrogen and oxygen atoms in total. The number of methoxy groups -OCH3 is 1. The van der Waals surface area contributed by atoms with Crippen LogP contribution in [0.25, 0.3) is 0 Å². The molecule has 3 N–H and O–H groups in total. The van der Waals surface area contributed by atoms with Gasteiger partial charge in [0.1, 0.15) is 11.6 Å². The Balaban J connectivity index is 2.22. The summed E-state index contributed by atoms with van der Waals surface area (Å²) in [5, 5.41) is 16.3. The Labute approximate surface area is 183 Å². The van der Waals surface area contributed by atoms with Gasteiger partial charge in [-0.3, -0.25) is 4.79 Å². The summed E-state index contributed by atoms with van der Waals surface area (Å²) >= 11 is 0. The van der Waals surface area contributed by atoms with Crippen LogP contribution in [0, 0.1) is 0 Å². The topological polar surface area (TPSA) is 114 Å². The average Bonchev–Trinajstić information content (AvgIpc) is 2.70. The Morgan fingerprint density at radius 1 is 1.06 bits per heavy atom. The van der Waals surface area contributed by atoms with Gasteiger partial charge in [-0.05, 0) is 39.2 Å². The molecule has 2 rings (SSSR count). The van der Waals surface area contributed by atoms with E-state index in [1.165, 1.54) is 7.11 Å².